The molecule has 1 aliphatic carbocycles. The summed E-state index contributed by atoms with van der Waals surface area (Å²) in [5.74, 6) is 0.712. The molecule has 0 saturated carbocycles. The summed E-state index contributed by atoms with van der Waals surface area (Å²) in [6.45, 7) is 6.40. The van der Waals surface area contributed by atoms with Crippen LogP contribution >= 0.6 is 11.3 Å². The van der Waals surface area contributed by atoms with Crippen LogP contribution in [0.4, 0.5) is 0 Å². The molecule has 0 spiro atoms. The van der Waals surface area contributed by atoms with Gasteiger partial charge in [-0.15, -0.1) is 11.3 Å². The van der Waals surface area contributed by atoms with Gasteiger partial charge >= 0.3 is 0 Å². The van der Waals surface area contributed by atoms with E-state index < -0.39 is 0 Å². The first kappa shape index (κ1) is 21.7. The fourth-order valence-electron chi connectivity index (χ4n) is 4.80. The van der Waals surface area contributed by atoms with Crippen LogP contribution in [0.25, 0.3) is 10.6 Å². The van der Waals surface area contributed by atoms with Gasteiger partial charge in [0.15, 0.2) is 0 Å². The predicted octanol–water partition coefficient (Wildman–Crippen LogP) is 6.67. The highest BCUT2D eigenvalue weighted by atomic mass is 32.1. The van der Waals surface area contributed by atoms with Gasteiger partial charge in [0.2, 0.25) is 6.54 Å². The summed E-state index contributed by atoms with van der Waals surface area (Å²) in [6, 6.07) is 11.2. The second kappa shape index (κ2) is 9.31. The van der Waals surface area contributed by atoms with Crippen molar-refractivity contribution in [3.05, 3.63) is 84.9 Å². The van der Waals surface area contributed by atoms with E-state index >= 15 is 0 Å². The van der Waals surface area contributed by atoms with Gasteiger partial charge in [-0.25, -0.2) is 4.98 Å². The maximum absolute atomic E-state index is 10.7. The highest BCUT2D eigenvalue weighted by Gasteiger charge is 2.19. The Morgan fingerprint density at radius 1 is 1.16 bits per heavy atom. The first-order valence-electron chi connectivity index (χ1n) is 11.2. The Balaban J connectivity index is 1.52. The maximum Gasteiger partial charge on any atom is 0.207 e. The van der Waals surface area contributed by atoms with Gasteiger partial charge in [-0.2, -0.15) is 0 Å². The molecule has 1 heterocycles. The second-order valence-corrected chi connectivity index (χ2v) is 9.60. The minimum Gasteiger partial charge on any atom is -0.265 e. The zero-order valence-corrected chi connectivity index (χ0v) is 19.4. The quantitative estimate of drug-likeness (QED) is 0.308. The topological polar surface area (TPSA) is 56.0 Å². The lowest BCUT2D eigenvalue weighted by molar-refractivity contribution is -0.479. The standard InChI is InChI=1S/C26H30N2O2S/c1-4-19-6-5-7-21-14-22(8-9-25(19)21)26-27-24(16-31-26)15-23-13-17(2)20(12-18(23)3)10-11-28(29)30/h8-9,12-14,16,19H,4-7,10-11,15H2,1-3H3. The Bertz CT molecular complexity index is 1100. The Morgan fingerprint density at radius 3 is 2.71 bits per heavy atom. The van der Waals surface area contributed by atoms with Crippen molar-refractivity contribution in [1.82, 2.24) is 4.98 Å². The van der Waals surface area contributed by atoms with Gasteiger partial charge in [-0.1, -0.05) is 31.2 Å². The van der Waals surface area contributed by atoms with Gasteiger partial charge in [0, 0.05) is 28.7 Å². The maximum atomic E-state index is 10.7. The Hall–Kier alpha value is -2.53. The largest absolute Gasteiger partial charge is 0.265 e. The molecule has 1 aliphatic rings. The second-order valence-electron chi connectivity index (χ2n) is 8.74. The van der Waals surface area contributed by atoms with E-state index in [0.29, 0.717) is 12.3 Å². The lowest BCUT2D eigenvalue weighted by Gasteiger charge is -2.24. The lowest BCUT2D eigenvalue weighted by atomic mass is 9.81. The van der Waals surface area contributed by atoms with E-state index in [-0.39, 0.29) is 11.5 Å². The molecule has 2 aromatic carbocycles. The average molecular weight is 435 g/mol. The van der Waals surface area contributed by atoms with Crippen molar-refractivity contribution in [2.75, 3.05) is 6.54 Å². The summed E-state index contributed by atoms with van der Waals surface area (Å²) in [7, 11) is 0. The third-order valence-corrected chi connectivity index (χ3v) is 7.54. The van der Waals surface area contributed by atoms with Crippen molar-refractivity contribution < 1.29 is 4.92 Å². The zero-order chi connectivity index (χ0) is 22.0. The van der Waals surface area contributed by atoms with E-state index in [4.69, 9.17) is 4.98 Å². The molecule has 4 nitrogen and oxygen atoms in total. The van der Waals surface area contributed by atoms with E-state index in [1.54, 1.807) is 11.3 Å². The van der Waals surface area contributed by atoms with Crippen molar-refractivity contribution in [1.29, 1.82) is 0 Å². The van der Waals surface area contributed by atoms with E-state index in [0.717, 1.165) is 28.2 Å². The van der Waals surface area contributed by atoms with Gasteiger partial charge in [-0.3, -0.25) is 10.1 Å². The minimum absolute atomic E-state index is 0.0190. The Morgan fingerprint density at radius 2 is 1.94 bits per heavy atom. The summed E-state index contributed by atoms with van der Waals surface area (Å²) in [4.78, 5) is 15.4. The molecule has 0 amide bonds. The Kier molecular flexibility index (Phi) is 6.51. The van der Waals surface area contributed by atoms with E-state index in [2.05, 4.69) is 49.6 Å². The molecule has 0 fully saturated rings. The number of rotatable bonds is 7. The van der Waals surface area contributed by atoms with Crippen LogP contribution in [0.3, 0.4) is 0 Å². The highest BCUT2D eigenvalue weighted by molar-refractivity contribution is 7.13. The number of aryl methyl sites for hydroxylation is 3. The van der Waals surface area contributed by atoms with Crippen LogP contribution in [-0.2, 0) is 19.3 Å². The fourth-order valence-corrected chi connectivity index (χ4v) is 5.61. The van der Waals surface area contributed by atoms with E-state index in [1.807, 2.05) is 6.92 Å². The molecule has 3 aromatic rings. The van der Waals surface area contributed by atoms with Crippen LogP contribution in [0.5, 0.6) is 0 Å². The summed E-state index contributed by atoms with van der Waals surface area (Å²) in [5.41, 5.74) is 9.98. The van der Waals surface area contributed by atoms with Crippen LogP contribution in [0.2, 0.25) is 0 Å². The number of thiazole rings is 1. The third-order valence-electron chi connectivity index (χ3n) is 6.60. The molecule has 5 heteroatoms. The van der Waals surface area contributed by atoms with Gasteiger partial charge in [0.1, 0.15) is 5.01 Å². The molecule has 0 aliphatic heterocycles. The minimum atomic E-state index is -0.247. The summed E-state index contributed by atoms with van der Waals surface area (Å²) < 4.78 is 0. The molecular formula is C26H30N2O2S. The molecule has 1 unspecified atom stereocenters. The van der Waals surface area contributed by atoms with Crippen molar-refractivity contribution >= 4 is 11.3 Å². The molecule has 0 bridgehead atoms. The number of benzene rings is 2. The van der Waals surface area contributed by atoms with Crippen molar-refractivity contribution in [3.8, 4) is 10.6 Å². The fraction of sp³-hybridized carbons (Fsp3) is 0.423. The van der Waals surface area contributed by atoms with Crippen molar-refractivity contribution in [3.63, 3.8) is 0 Å². The van der Waals surface area contributed by atoms with Gasteiger partial charge < -0.3 is 0 Å². The number of aromatic nitrogens is 1. The van der Waals surface area contributed by atoms with E-state index in [9.17, 15) is 10.1 Å². The smallest absolute Gasteiger partial charge is 0.207 e. The molecule has 0 saturated heterocycles. The van der Waals surface area contributed by atoms with Crippen LogP contribution in [-0.4, -0.2) is 16.5 Å². The third kappa shape index (κ3) is 4.87. The monoisotopic (exact) mass is 434 g/mol. The number of hydrogen-bond acceptors (Lipinski definition) is 4. The number of nitro groups is 1. The van der Waals surface area contributed by atoms with Crippen molar-refractivity contribution in [2.24, 2.45) is 0 Å². The predicted molar refractivity (Wildman–Crippen MR) is 128 cm³/mol. The zero-order valence-electron chi connectivity index (χ0n) is 18.6. The normalized spacial score (nSPS) is 15.6. The summed E-state index contributed by atoms with van der Waals surface area (Å²) in [5, 5.41) is 14.0. The summed E-state index contributed by atoms with van der Waals surface area (Å²) in [6.07, 6.45) is 6.28. The van der Waals surface area contributed by atoms with Gasteiger partial charge in [0.05, 0.1) is 5.69 Å². The average Bonchev–Trinajstić information content (AvgIpc) is 3.22. The van der Waals surface area contributed by atoms with Crippen LogP contribution in [0.1, 0.15) is 71.2 Å². The molecule has 0 radical (unpaired) electrons. The van der Waals surface area contributed by atoms with E-state index in [1.165, 1.54) is 53.5 Å². The van der Waals surface area contributed by atoms with Crippen molar-refractivity contribution in [2.45, 2.75) is 65.2 Å². The van der Waals surface area contributed by atoms with Crippen LogP contribution in [0.15, 0.2) is 35.7 Å². The Labute approximate surface area is 188 Å². The molecule has 162 valence electrons. The molecule has 4 rings (SSSR count). The molecule has 1 atom stereocenters. The van der Waals surface area contributed by atoms with Gasteiger partial charge in [0.25, 0.3) is 0 Å². The van der Waals surface area contributed by atoms with Crippen LogP contribution in [0, 0.1) is 24.0 Å². The first-order valence-corrected chi connectivity index (χ1v) is 12.1. The number of hydrogen-bond donors (Lipinski definition) is 0. The highest BCUT2D eigenvalue weighted by Crippen LogP contribution is 2.36. The molecule has 1 aromatic heterocycles. The number of nitrogens with zero attached hydrogens (tertiary/aromatic N) is 2. The molecule has 31 heavy (non-hydrogen) atoms. The first-order chi connectivity index (χ1) is 14.9. The SMILES string of the molecule is CCC1CCCc2cc(-c3nc(Cc4cc(C)c(CC[N+](=O)[O-])cc4C)cs3)ccc21. The van der Waals surface area contributed by atoms with Gasteiger partial charge in [-0.05, 0) is 84.9 Å². The lowest BCUT2D eigenvalue weighted by Crippen LogP contribution is -2.09. The molecular weight excluding hydrogens is 404 g/mol. The van der Waals surface area contributed by atoms with Crippen LogP contribution < -0.4 is 0 Å². The molecule has 0 N–H and O–H groups in total. The number of fused-ring (bicyclic) bond motifs is 1. The summed E-state index contributed by atoms with van der Waals surface area (Å²) >= 11 is 1.72.